The summed E-state index contributed by atoms with van der Waals surface area (Å²) in [6.07, 6.45) is -4.40. The predicted molar refractivity (Wildman–Crippen MR) is 56.1 cm³/mol. The third-order valence-corrected chi connectivity index (χ3v) is 2.00. The van der Waals surface area contributed by atoms with Crippen molar-refractivity contribution in [1.82, 2.24) is 0 Å². The number of Topliss-reactive ketones (excluding diaryl/α,β-unsaturated/α-hetero) is 1. The Hall–Kier alpha value is -1.37. The quantitative estimate of drug-likeness (QED) is 0.322. The van der Waals surface area contributed by atoms with E-state index in [1.54, 1.807) is 0 Å². The van der Waals surface area contributed by atoms with Crippen LogP contribution in [0, 0.1) is 5.92 Å². The van der Waals surface area contributed by atoms with E-state index in [1.165, 1.54) is 6.92 Å². The zero-order valence-electron chi connectivity index (χ0n) is 9.29. The number of carbonyl (C=O) groups is 3. The van der Waals surface area contributed by atoms with Crippen LogP contribution >= 0.6 is 11.6 Å². The molecule has 0 rings (SSSR count). The van der Waals surface area contributed by atoms with Gasteiger partial charge in [-0.1, -0.05) is 6.08 Å². The summed E-state index contributed by atoms with van der Waals surface area (Å²) in [7, 11) is 0. The van der Waals surface area contributed by atoms with E-state index in [-0.39, 0.29) is 12.7 Å². The van der Waals surface area contributed by atoms with Crippen LogP contribution in [0.25, 0.3) is 0 Å². The molecule has 4 nitrogen and oxygen atoms in total. The van der Waals surface area contributed by atoms with Crippen LogP contribution in [0.5, 0.6) is 0 Å². The molecule has 0 aliphatic carbocycles. The van der Waals surface area contributed by atoms with E-state index in [1.807, 2.05) is 0 Å². The molecule has 0 fully saturated rings. The average molecular weight is 287 g/mol. The number of alkyl halides is 4. The van der Waals surface area contributed by atoms with E-state index in [4.69, 9.17) is 11.6 Å². The molecule has 0 aliphatic rings. The highest BCUT2D eigenvalue weighted by molar-refractivity contribution is 6.29. The molecule has 0 amide bonds. The molecule has 0 aliphatic heterocycles. The van der Waals surface area contributed by atoms with Crippen molar-refractivity contribution in [2.24, 2.45) is 5.92 Å². The third-order valence-electron chi connectivity index (χ3n) is 1.74. The zero-order chi connectivity index (χ0) is 14.3. The number of ether oxygens (including phenoxy) is 1. The molecule has 102 valence electrons. The number of halogens is 4. The second-order valence-electron chi connectivity index (χ2n) is 3.05. The minimum atomic E-state index is -5.06. The minimum absolute atomic E-state index is 0.0496. The number of hydrogen-bond acceptors (Lipinski definition) is 4. The summed E-state index contributed by atoms with van der Waals surface area (Å²) in [5, 5.41) is 0. The number of ketones is 2. The predicted octanol–water partition coefficient (Wildman–Crippen LogP) is 1.66. The SMILES string of the molecule is CCOC(=O)C(/C=C\C(=O)C(F)(F)F)C(=O)CCl. The van der Waals surface area contributed by atoms with Gasteiger partial charge in [0.05, 0.1) is 12.5 Å². The van der Waals surface area contributed by atoms with Crippen LogP contribution in [0.1, 0.15) is 6.92 Å². The van der Waals surface area contributed by atoms with Gasteiger partial charge in [0.1, 0.15) is 5.92 Å². The summed E-state index contributed by atoms with van der Waals surface area (Å²) in [6.45, 7) is 1.41. The lowest BCUT2D eigenvalue weighted by Crippen LogP contribution is -2.27. The molecule has 0 bridgehead atoms. The summed E-state index contributed by atoms with van der Waals surface area (Å²) in [6, 6.07) is 0. The first kappa shape index (κ1) is 16.6. The molecule has 0 aromatic carbocycles. The summed E-state index contributed by atoms with van der Waals surface area (Å²) in [5.74, 6) is -6.24. The highest BCUT2D eigenvalue weighted by atomic mass is 35.5. The first-order valence-corrected chi connectivity index (χ1v) is 5.32. The minimum Gasteiger partial charge on any atom is -0.465 e. The smallest absolute Gasteiger partial charge is 0.454 e. The van der Waals surface area contributed by atoms with Crippen molar-refractivity contribution in [3.05, 3.63) is 12.2 Å². The fourth-order valence-electron chi connectivity index (χ4n) is 0.911. The number of carbonyl (C=O) groups excluding carboxylic acids is 3. The molecule has 0 saturated carbocycles. The van der Waals surface area contributed by atoms with Crippen LogP contribution in [0.2, 0.25) is 0 Å². The molecule has 1 unspecified atom stereocenters. The van der Waals surface area contributed by atoms with Gasteiger partial charge in [-0.15, -0.1) is 11.6 Å². The molecular weight excluding hydrogens is 277 g/mol. The Bertz CT molecular complexity index is 363. The van der Waals surface area contributed by atoms with Crippen LogP contribution in [-0.2, 0) is 19.1 Å². The maximum Gasteiger partial charge on any atom is 0.454 e. The van der Waals surface area contributed by atoms with E-state index in [9.17, 15) is 27.6 Å². The largest absolute Gasteiger partial charge is 0.465 e. The topological polar surface area (TPSA) is 60.4 Å². The van der Waals surface area contributed by atoms with Gasteiger partial charge in [0, 0.05) is 0 Å². The Morgan fingerprint density at radius 3 is 2.28 bits per heavy atom. The molecule has 0 spiro atoms. The van der Waals surface area contributed by atoms with E-state index >= 15 is 0 Å². The van der Waals surface area contributed by atoms with Crippen molar-refractivity contribution in [3.8, 4) is 0 Å². The van der Waals surface area contributed by atoms with Gasteiger partial charge in [-0.3, -0.25) is 14.4 Å². The van der Waals surface area contributed by atoms with Gasteiger partial charge in [-0.25, -0.2) is 0 Å². The second-order valence-corrected chi connectivity index (χ2v) is 3.32. The highest BCUT2D eigenvalue weighted by Gasteiger charge is 2.36. The van der Waals surface area contributed by atoms with Gasteiger partial charge in [0.15, 0.2) is 5.78 Å². The van der Waals surface area contributed by atoms with E-state index in [0.29, 0.717) is 6.08 Å². The summed E-state index contributed by atoms with van der Waals surface area (Å²) < 4.78 is 40.2. The molecule has 0 radical (unpaired) electrons. The molecule has 0 aromatic heterocycles. The molecule has 0 heterocycles. The van der Waals surface area contributed by atoms with Gasteiger partial charge in [-0.2, -0.15) is 13.2 Å². The second kappa shape index (κ2) is 7.15. The van der Waals surface area contributed by atoms with E-state index in [2.05, 4.69) is 4.74 Å². The first-order valence-electron chi connectivity index (χ1n) is 4.78. The standard InChI is InChI=1S/C10H10ClF3O4/c1-2-18-9(17)6(7(15)5-11)3-4-8(16)10(12,13)14/h3-4,6H,2,5H2,1H3/b4-3-. The zero-order valence-corrected chi connectivity index (χ0v) is 10.0. The number of hydrogen-bond donors (Lipinski definition) is 0. The molecule has 18 heavy (non-hydrogen) atoms. The Morgan fingerprint density at radius 1 is 1.33 bits per heavy atom. The van der Waals surface area contributed by atoms with Crippen LogP contribution in [0.4, 0.5) is 13.2 Å². The van der Waals surface area contributed by atoms with Crippen molar-refractivity contribution in [2.45, 2.75) is 13.1 Å². The van der Waals surface area contributed by atoms with Gasteiger partial charge in [0.25, 0.3) is 5.78 Å². The van der Waals surface area contributed by atoms with Crippen molar-refractivity contribution < 1.29 is 32.3 Å². The van der Waals surface area contributed by atoms with Crippen LogP contribution in [0.15, 0.2) is 12.2 Å². The van der Waals surface area contributed by atoms with Crippen molar-refractivity contribution in [3.63, 3.8) is 0 Å². The highest BCUT2D eigenvalue weighted by Crippen LogP contribution is 2.17. The normalized spacial score (nSPS) is 13.4. The fourth-order valence-corrected chi connectivity index (χ4v) is 1.08. The van der Waals surface area contributed by atoms with Crippen LogP contribution < -0.4 is 0 Å². The van der Waals surface area contributed by atoms with Gasteiger partial charge in [0.2, 0.25) is 0 Å². The van der Waals surface area contributed by atoms with Gasteiger partial charge >= 0.3 is 12.1 Å². The summed E-state index contributed by atoms with van der Waals surface area (Å²) >= 11 is 5.20. The monoisotopic (exact) mass is 286 g/mol. The molecular formula is C10H10ClF3O4. The Labute approximate surface area is 106 Å². The van der Waals surface area contributed by atoms with Crippen LogP contribution in [0.3, 0.4) is 0 Å². The molecule has 0 saturated heterocycles. The van der Waals surface area contributed by atoms with E-state index in [0.717, 1.165) is 0 Å². The lowest BCUT2D eigenvalue weighted by molar-refractivity contribution is -0.165. The summed E-state index contributed by atoms with van der Waals surface area (Å²) in [4.78, 5) is 33.0. The van der Waals surface area contributed by atoms with Crippen molar-refractivity contribution >= 4 is 29.1 Å². The number of esters is 1. The first-order chi connectivity index (χ1) is 8.23. The number of allylic oxidation sites excluding steroid dienone is 1. The Balaban J connectivity index is 4.91. The Morgan fingerprint density at radius 2 is 1.89 bits per heavy atom. The molecule has 0 N–H and O–H groups in total. The van der Waals surface area contributed by atoms with E-state index < -0.39 is 35.5 Å². The average Bonchev–Trinajstić information content (AvgIpc) is 2.27. The number of rotatable bonds is 6. The lowest BCUT2D eigenvalue weighted by atomic mass is 10.0. The maximum absolute atomic E-state index is 11.9. The Kier molecular flexibility index (Phi) is 6.61. The molecule has 0 aromatic rings. The summed E-state index contributed by atoms with van der Waals surface area (Å²) in [5.41, 5.74) is 0. The maximum atomic E-state index is 11.9. The van der Waals surface area contributed by atoms with Gasteiger partial charge < -0.3 is 4.74 Å². The van der Waals surface area contributed by atoms with Crippen LogP contribution in [-0.4, -0.2) is 36.2 Å². The molecule has 8 heteroatoms. The molecule has 1 atom stereocenters. The fraction of sp³-hybridized carbons (Fsp3) is 0.500. The lowest BCUT2D eigenvalue weighted by Gasteiger charge is -2.09. The van der Waals surface area contributed by atoms with Gasteiger partial charge in [-0.05, 0) is 13.0 Å². The van der Waals surface area contributed by atoms with Crippen molar-refractivity contribution in [1.29, 1.82) is 0 Å². The third kappa shape index (κ3) is 5.31. The van der Waals surface area contributed by atoms with Crippen molar-refractivity contribution in [2.75, 3.05) is 12.5 Å².